The Hall–Kier alpha value is -2.32. The molecule has 0 aromatic carbocycles. The summed E-state index contributed by atoms with van der Waals surface area (Å²) in [6.45, 7) is 7.52. The summed E-state index contributed by atoms with van der Waals surface area (Å²) < 4.78 is 1.39. The highest BCUT2D eigenvalue weighted by atomic mass is 32.1. The van der Waals surface area contributed by atoms with Gasteiger partial charge in [-0.05, 0) is 56.2 Å². The van der Waals surface area contributed by atoms with E-state index in [1.807, 2.05) is 19.2 Å². The number of hydrogen-bond acceptors (Lipinski definition) is 6. The average molecular weight is 403 g/mol. The molecule has 0 fully saturated rings. The summed E-state index contributed by atoms with van der Waals surface area (Å²) >= 11 is 3.23. The molecule has 0 aliphatic rings. The first-order valence-electron chi connectivity index (χ1n) is 8.63. The fourth-order valence-electron chi connectivity index (χ4n) is 2.84. The van der Waals surface area contributed by atoms with Gasteiger partial charge in [-0.2, -0.15) is 16.3 Å². The van der Waals surface area contributed by atoms with Gasteiger partial charge in [-0.25, -0.2) is 9.78 Å². The molecule has 3 aromatic rings. The van der Waals surface area contributed by atoms with Crippen LogP contribution in [0.3, 0.4) is 0 Å². The van der Waals surface area contributed by atoms with Crippen molar-refractivity contribution >= 4 is 28.6 Å². The summed E-state index contributed by atoms with van der Waals surface area (Å²) in [5.41, 5.74) is 3.10. The Morgan fingerprint density at radius 2 is 2.04 bits per heavy atom. The molecule has 1 atom stereocenters. The van der Waals surface area contributed by atoms with E-state index in [2.05, 4.69) is 26.7 Å². The Morgan fingerprint density at radius 1 is 1.26 bits per heavy atom. The number of hydrogen-bond donors (Lipinski definition) is 1. The average Bonchev–Trinajstić information content (AvgIpc) is 3.20. The molecule has 1 amide bonds. The number of carbonyl (C=O) groups excluding carboxylic acids is 1. The van der Waals surface area contributed by atoms with Gasteiger partial charge in [0.25, 0.3) is 0 Å². The number of nitrogens with zero attached hydrogens (tertiary/aromatic N) is 3. The zero-order chi connectivity index (χ0) is 19.6. The van der Waals surface area contributed by atoms with Crippen LogP contribution in [-0.2, 0) is 17.8 Å². The van der Waals surface area contributed by atoms with E-state index < -0.39 is 5.69 Å². The normalized spacial score (nSPS) is 12.1. The SMILES string of the molecule is Cc1cc(C)n(CC(=O)NC(Cc2ccsc2)c2nc(C)c(C)s2)c(=O)n1. The van der Waals surface area contributed by atoms with Gasteiger partial charge in [-0.15, -0.1) is 11.3 Å². The zero-order valence-corrected chi connectivity index (χ0v) is 17.4. The minimum Gasteiger partial charge on any atom is -0.345 e. The monoisotopic (exact) mass is 402 g/mol. The molecule has 3 aromatic heterocycles. The fraction of sp³-hybridized carbons (Fsp3) is 0.368. The van der Waals surface area contributed by atoms with Crippen molar-refractivity contribution in [3.05, 3.63) is 65.9 Å². The zero-order valence-electron chi connectivity index (χ0n) is 15.8. The number of amides is 1. The fourth-order valence-corrected chi connectivity index (χ4v) is 4.50. The summed E-state index contributed by atoms with van der Waals surface area (Å²) in [4.78, 5) is 34.5. The second kappa shape index (κ2) is 8.14. The van der Waals surface area contributed by atoms with Crippen molar-refractivity contribution in [1.82, 2.24) is 19.9 Å². The maximum Gasteiger partial charge on any atom is 0.348 e. The highest BCUT2D eigenvalue weighted by molar-refractivity contribution is 7.11. The molecule has 1 unspecified atom stereocenters. The number of thiophene rings is 1. The van der Waals surface area contributed by atoms with Crippen molar-refractivity contribution in [1.29, 1.82) is 0 Å². The highest BCUT2D eigenvalue weighted by Gasteiger charge is 2.21. The van der Waals surface area contributed by atoms with Gasteiger partial charge in [0, 0.05) is 22.7 Å². The van der Waals surface area contributed by atoms with E-state index in [0.29, 0.717) is 12.1 Å². The van der Waals surface area contributed by atoms with E-state index in [9.17, 15) is 9.59 Å². The van der Waals surface area contributed by atoms with Crippen molar-refractivity contribution in [3.8, 4) is 0 Å². The van der Waals surface area contributed by atoms with Crippen LogP contribution in [0.1, 0.15) is 38.6 Å². The summed E-state index contributed by atoms with van der Waals surface area (Å²) in [6.07, 6.45) is 0.668. The number of nitrogens with one attached hydrogen (secondary N) is 1. The van der Waals surface area contributed by atoms with Crippen molar-refractivity contribution in [2.24, 2.45) is 0 Å². The molecule has 142 valence electrons. The smallest absolute Gasteiger partial charge is 0.345 e. The first-order valence-corrected chi connectivity index (χ1v) is 10.4. The lowest BCUT2D eigenvalue weighted by Gasteiger charge is -2.17. The summed E-state index contributed by atoms with van der Waals surface area (Å²) in [5.74, 6) is -0.225. The molecule has 27 heavy (non-hydrogen) atoms. The van der Waals surface area contributed by atoms with E-state index in [4.69, 9.17) is 0 Å². The molecule has 0 spiro atoms. The highest BCUT2D eigenvalue weighted by Crippen LogP contribution is 2.26. The van der Waals surface area contributed by atoms with Gasteiger partial charge < -0.3 is 5.32 Å². The summed E-state index contributed by atoms with van der Waals surface area (Å²) in [7, 11) is 0. The van der Waals surface area contributed by atoms with E-state index in [0.717, 1.165) is 26.8 Å². The van der Waals surface area contributed by atoms with Gasteiger partial charge in [0.15, 0.2) is 0 Å². The second-order valence-electron chi connectivity index (χ2n) is 6.56. The van der Waals surface area contributed by atoms with Gasteiger partial charge in [0.05, 0.1) is 11.7 Å². The van der Waals surface area contributed by atoms with Crippen molar-refractivity contribution in [3.63, 3.8) is 0 Å². The van der Waals surface area contributed by atoms with Gasteiger partial charge in [-0.1, -0.05) is 0 Å². The largest absolute Gasteiger partial charge is 0.348 e. The molecule has 0 radical (unpaired) electrons. The van der Waals surface area contributed by atoms with Crippen LogP contribution in [0.2, 0.25) is 0 Å². The maximum absolute atomic E-state index is 12.7. The molecule has 0 saturated heterocycles. The summed E-state index contributed by atoms with van der Waals surface area (Å²) in [6, 6.07) is 3.62. The molecule has 3 rings (SSSR count). The third kappa shape index (κ3) is 4.70. The second-order valence-corrected chi connectivity index (χ2v) is 8.57. The van der Waals surface area contributed by atoms with Crippen LogP contribution in [0.4, 0.5) is 0 Å². The van der Waals surface area contributed by atoms with Crippen LogP contribution in [0.25, 0.3) is 0 Å². The first-order chi connectivity index (χ1) is 12.8. The standard InChI is InChI=1S/C19H22N4O2S2/c1-11-7-12(2)23(19(25)20-11)9-17(24)22-16(8-15-5-6-26-10-15)18-21-13(3)14(4)27-18/h5-7,10,16H,8-9H2,1-4H3,(H,22,24). The van der Waals surface area contributed by atoms with Crippen molar-refractivity contribution in [2.75, 3.05) is 0 Å². The molecule has 1 N–H and O–H groups in total. The Bertz CT molecular complexity index is 986. The Kier molecular flexibility index (Phi) is 5.86. The lowest BCUT2D eigenvalue weighted by molar-refractivity contribution is -0.122. The summed E-state index contributed by atoms with van der Waals surface area (Å²) in [5, 5.41) is 8.04. The molecular formula is C19H22N4O2S2. The number of aromatic nitrogens is 3. The Morgan fingerprint density at radius 3 is 2.63 bits per heavy atom. The lowest BCUT2D eigenvalue weighted by atomic mass is 10.1. The van der Waals surface area contributed by atoms with Gasteiger partial charge in [0.1, 0.15) is 11.6 Å². The quantitative estimate of drug-likeness (QED) is 0.687. The first kappa shape index (κ1) is 19.4. The molecule has 3 heterocycles. The van der Waals surface area contributed by atoms with Crippen LogP contribution in [0.5, 0.6) is 0 Å². The minimum atomic E-state index is -0.405. The molecule has 0 bridgehead atoms. The third-order valence-corrected chi connectivity index (χ3v) is 6.27. The van der Waals surface area contributed by atoms with E-state index in [1.54, 1.807) is 42.6 Å². The topological polar surface area (TPSA) is 76.9 Å². The maximum atomic E-state index is 12.7. The number of aryl methyl sites for hydroxylation is 4. The van der Waals surface area contributed by atoms with Crippen LogP contribution < -0.4 is 11.0 Å². The van der Waals surface area contributed by atoms with Crippen LogP contribution >= 0.6 is 22.7 Å². The van der Waals surface area contributed by atoms with E-state index in [-0.39, 0.29) is 18.5 Å². The van der Waals surface area contributed by atoms with Crippen LogP contribution in [-0.4, -0.2) is 20.4 Å². The lowest BCUT2D eigenvalue weighted by Crippen LogP contribution is -2.37. The van der Waals surface area contributed by atoms with Gasteiger partial charge in [0.2, 0.25) is 5.91 Å². The van der Waals surface area contributed by atoms with Gasteiger partial charge >= 0.3 is 5.69 Å². The van der Waals surface area contributed by atoms with Crippen molar-refractivity contribution in [2.45, 2.75) is 46.7 Å². The van der Waals surface area contributed by atoms with Crippen molar-refractivity contribution < 1.29 is 4.79 Å². The number of carbonyl (C=O) groups is 1. The molecule has 8 heteroatoms. The Balaban J connectivity index is 1.81. The minimum absolute atomic E-state index is 0.0541. The van der Waals surface area contributed by atoms with E-state index in [1.165, 1.54) is 4.57 Å². The molecule has 0 aliphatic heterocycles. The molecule has 0 saturated carbocycles. The number of rotatable bonds is 6. The Labute approximate surface area is 165 Å². The van der Waals surface area contributed by atoms with Crippen LogP contribution in [0, 0.1) is 27.7 Å². The molecule has 6 nitrogen and oxygen atoms in total. The van der Waals surface area contributed by atoms with Gasteiger partial charge in [-0.3, -0.25) is 9.36 Å². The predicted octanol–water partition coefficient (Wildman–Crippen LogP) is 3.10. The van der Waals surface area contributed by atoms with Crippen LogP contribution in [0.15, 0.2) is 27.7 Å². The molecule has 0 aliphatic carbocycles. The number of thiazole rings is 1. The molecular weight excluding hydrogens is 380 g/mol. The predicted molar refractivity (Wildman–Crippen MR) is 108 cm³/mol. The third-order valence-electron chi connectivity index (χ3n) is 4.35. The van der Waals surface area contributed by atoms with E-state index >= 15 is 0 Å².